The van der Waals surface area contributed by atoms with Crippen molar-refractivity contribution in [2.45, 2.75) is 33.7 Å². The fraction of sp³-hybridized carbons (Fsp3) is 0.353. The van der Waals surface area contributed by atoms with E-state index < -0.39 is 0 Å². The van der Waals surface area contributed by atoms with Gasteiger partial charge in [0.1, 0.15) is 11.5 Å². The van der Waals surface area contributed by atoms with Gasteiger partial charge in [-0.25, -0.2) is 4.98 Å². The van der Waals surface area contributed by atoms with Crippen LogP contribution in [0.5, 0.6) is 0 Å². The van der Waals surface area contributed by atoms with Gasteiger partial charge in [0, 0.05) is 18.0 Å². The second-order valence-corrected chi connectivity index (χ2v) is 7.25. The molecular formula is C17H20N4O2S. The van der Waals surface area contributed by atoms with Crippen LogP contribution in [-0.4, -0.2) is 33.0 Å². The number of H-pyrrole nitrogens is 1. The van der Waals surface area contributed by atoms with Gasteiger partial charge in [0.05, 0.1) is 16.7 Å². The minimum absolute atomic E-state index is 0.117. The molecule has 0 fully saturated rings. The summed E-state index contributed by atoms with van der Waals surface area (Å²) in [5.41, 5.74) is 1.98. The van der Waals surface area contributed by atoms with E-state index in [1.807, 2.05) is 39.8 Å². The molecule has 0 saturated heterocycles. The standard InChI is InChI=1S/C17H20N4O2S/c1-9-6-7-15(23-9)13-8-14(20-19-13)17(22)21(5)10(2)16-11(3)24-12(4)18-16/h6-8,10H,1-5H3,(H,19,20)/t10-/m0/s1. The van der Waals surface area contributed by atoms with Crippen LogP contribution in [0.1, 0.15) is 44.8 Å². The lowest BCUT2D eigenvalue weighted by molar-refractivity contribution is 0.0734. The van der Waals surface area contributed by atoms with Crippen LogP contribution in [0.3, 0.4) is 0 Å². The molecule has 0 bridgehead atoms. The molecule has 1 amide bonds. The summed E-state index contributed by atoms with van der Waals surface area (Å²) >= 11 is 1.64. The molecule has 6 nitrogen and oxygen atoms in total. The highest BCUT2D eigenvalue weighted by atomic mass is 32.1. The van der Waals surface area contributed by atoms with Crippen molar-refractivity contribution in [3.05, 3.63) is 45.2 Å². The first kappa shape index (κ1) is 16.4. The summed E-state index contributed by atoms with van der Waals surface area (Å²) in [6.07, 6.45) is 0. The van der Waals surface area contributed by atoms with Crippen molar-refractivity contribution in [3.8, 4) is 11.5 Å². The van der Waals surface area contributed by atoms with E-state index in [9.17, 15) is 4.79 Å². The molecule has 0 aromatic carbocycles. The van der Waals surface area contributed by atoms with E-state index in [2.05, 4.69) is 15.2 Å². The summed E-state index contributed by atoms with van der Waals surface area (Å²) in [7, 11) is 1.77. The number of hydrogen-bond donors (Lipinski definition) is 1. The predicted molar refractivity (Wildman–Crippen MR) is 93.1 cm³/mol. The van der Waals surface area contributed by atoms with E-state index >= 15 is 0 Å². The van der Waals surface area contributed by atoms with E-state index in [0.717, 1.165) is 21.3 Å². The van der Waals surface area contributed by atoms with Crippen LogP contribution in [0.4, 0.5) is 0 Å². The summed E-state index contributed by atoms with van der Waals surface area (Å²) in [5, 5.41) is 8.00. The Morgan fingerprint density at radius 3 is 2.67 bits per heavy atom. The van der Waals surface area contributed by atoms with Crippen LogP contribution in [-0.2, 0) is 0 Å². The number of aryl methyl sites for hydroxylation is 3. The van der Waals surface area contributed by atoms with Gasteiger partial charge in [0.15, 0.2) is 11.5 Å². The van der Waals surface area contributed by atoms with Gasteiger partial charge >= 0.3 is 0 Å². The Kier molecular flexibility index (Phi) is 4.28. The molecule has 0 aliphatic rings. The van der Waals surface area contributed by atoms with E-state index in [-0.39, 0.29) is 11.9 Å². The first-order valence-corrected chi connectivity index (χ1v) is 8.51. The number of amides is 1. The van der Waals surface area contributed by atoms with Gasteiger partial charge in [-0.1, -0.05) is 0 Å². The summed E-state index contributed by atoms with van der Waals surface area (Å²) < 4.78 is 5.55. The van der Waals surface area contributed by atoms with Gasteiger partial charge in [0.2, 0.25) is 0 Å². The van der Waals surface area contributed by atoms with Crippen LogP contribution in [0.25, 0.3) is 11.5 Å². The van der Waals surface area contributed by atoms with Crippen LogP contribution in [0.2, 0.25) is 0 Å². The Morgan fingerprint density at radius 1 is 1.33 bits per heavy atom. The number of nitrogens with one attached hydrogen (secondary N) is 1. The number of aromatic nitrogens is 3. The number of carbonyl (C=O) groups excluding carboxylic acids is 1. The number of thiazole rings is 1. The van der Waals surface area contributed by atoms with Crippen molar-refractivity contribution < 1.29 is 9.21 Å². The monoisotopic (exact) mass is 344 g/mol. The van der Waals surface area contributed by atoms with Crippen LogP contribution < -0.4 is 0 Å². The van der Waals surface area contributed by atoms with E-state index in [0.29, 0.717) is 17.1 Å². The number of hydrogen-bond acceptors (Lipinski definition) is 5. The number of furan rings is 1. The van der Waals surface area contributed by atoms with Gasteiger partial charge < -0.3 is 9.32 Å². The average Bonchev–Trinajstić information content (AvgIpc) is 3.25. The molecule has 7 heteroatoms. The lowest BCUT2D eigenvalue weighted by Crippen LogP contribution is -2.30. The molecule has 0 unspecified atom stereocenters. The molecule has 0 saturated carbocycles. The third-order valence-electron chi connectivity index (χ3n) is 4.04. The second kappa shape index (κ2) is 6.24. The van der Waals surface area contributed by atoms with Gasteiger partial charge in [0.25, 0.3) is 5.91 Å². The number of rotatable bonds is 4. The Balaban J connectivity index is 1.81. The third-order valence-corrected chi connectivity index (χ3v) is 4.94. The molecule has 24 heavy (non-hydrogen) atoms. The van der Waals surface area contributed by atoms with Gasteiger partial charge in [-0.05, 0) is 39.8 Å². The first-order valence-electron chi connectivity index (χ1n) is 7.70. The smallest absolute Gasteiger partial charge is 0.274 e. The predicted octanol–water partition coefficient (Wildman–Crippen LogP) is 3.88. The maximum Gasteiger partial charge on any atom is 0.274 e. The molecule has 3 heterocycles. The highest BCUT2D eigenvalue weighted by molar-refractivity contribution is 7.11. The third kappa shape index (κ3) is 2.99. The van der Waals surface area contributed by atoms with E-state index in [1.54, 1.807) is 29.4 Å². The largest absolute Gasteiger partial charge is 0.460 e. The Bertz CT molecular complexity index is 877. The minimum atomic E-state index is -0.154. The molecule has 0 aliphatic heterocycles. The van der Waals surface area contributed by atoms with Crippen molar-refractivity contribution in [2.75, 3.05) is 7.05 Å². The summed E-state index contributed by atoms with van der Waals surface area (Å²) in [4.78, 5) is 20.1. The molecule has 3 aromatic heterocycles. The molecule has 3 aromatic rings. The van der Waals surface area contributed by atoms with Crippen molar-refractivity contribution >= 4 is 17.2 Å². The Labute approximate surface area is 144 Å². The van der Waals surface area contributed by atoms with Crippen molar-refractivity contribution in [2.24, 2.45) is 0 Å². The van der Waals surface area contributed by atoms with Crippen LogP contribution in [0.15, 0.2) is 22.6 Å². The molecule has 126 valence electrons. The molecule has 1 N–H and O–H groups in total. The summed E-state index contributed by atoms with van der Waals surface area (Å²) in [6.45, 7) is 7.85. The van der Waals surface area contributed by atoms with E-state index in [4.69, 9.17) is 4.42 Å². The highest BCUT2D eigenvalue weighted by Gasteiger charge is 2.24. The van der Waals surface area contributed by atoms with Crippen LogP contribution in [0, 0.1) is 20.8 Å². The molecule has 3 rings (SSSR count). The van der Waals surface area contributed by atoms with E-state index in [1.165, 1.54) is 0 Å². The maximum absolute atomic E-state index is 12.7. The highest BCUT2D eigenvalue weighted by Crippen LogP contribution is 2.27. The maximum atomic E-state index is 12.7. The van der Waals surface area contributed by atoms with Crippen molar-refractivity contribution in [1.29, 1.82) is 0 Å². The number of nitrogens with zero attached hydrogens (tertiary/aromatic N) is 3. The molecule has 1 atom stereocenters. The lowest BCUT2D eigenvalue weighted by atomic mass is 10.2. The van der Waals surface area contributed by atoms with Gasteiger partial charge in [-0.3, -0.25) is 9.89 Å². The summed E-state index contributed by atoms with van der Waals surface area (Å²) in [6, 6.07) is 5.32. The second-order valence-electron chi connectivity index (χ2n) is 5.84. The zero-order valence-electron chi connectivity index (χ0n) is 14.4. The van der Waals surface area contributed by atoms with Gasteiger partial charge in [-0.15, -0.1) is 11.3 Å². The molecular weight excluding hydrogens is 324 g/mol. The first-order chi connectivity index (χ1) is 11.4. The van der Waals surface area contributed by atoms with Gasteiger partial charge in [-0.2, -0.15) is 5.10 Å². The fourth-order valence-electron chi connectivity index (χ4n) is 2.61. The Hall–Kier alpha value is -2.41. The molecule has 0 spiro atoms. The zero-order chi connectivity index (χ0) is 17.4. The molecule has 0 radical (unpaired) electrons. The van der Waals surface area contributed by atoms with Crippen molar-refractivity contribution in [3.63, 3.8) is 0 Å². The Morgan fingerprint density at radius 2 is 2.08 bits per heavy atom. The SMILES string of the molecule is Cc1ccc(-c2cc(C(=O)N(C)[C@@H](C)c3nc(C)sc3C)n[nH]2)o1. The number of aromatic amines is 1. The average molecular weight is 344 g/mol. The number of carbonyl (C=O) groups is 1. The topological polar surface area (TPSA) is 75.0 Å². The van der Waals surface area contributed by atoms with Crippen molar-refractivity contribution in [1.82, 2.24) is 20.1 Å². The fourth-order valence-corrected chi connectivity index (χ4v) is 3.52. The normalized spacial score (nSPS) is 12.4. The zero-order valence-corrected chi connectivity index (χ0v) is 15.2. The minimum Gasteiger partial charge on any atom is -0.460 e. The summed E-state index contributed by atoms with van der Waals surface area (Å²) in [5.74, 6) is 1.33. The lowest BCUT2D eigenvalue weighted by Gasteiger charge is -2.23. The molecule has 0 aliphatic carbocycles. The van der Waals surface area contributed by atoms with Crippen LogP contribution >= 0.6 is 11.3 Å². The quantitative estimate of drug-likeness (QED) is 0.779.